The van der Waals surface area contributed by atoms with Crippen LogP contribution in [-0.2, 0) is 11.8 Å². The number of aromatic amines is 1. The Balaban J connectivity index is 1.63. The molecule has 1 spiro atoms. The monoisotopic (exact) mass is 300 g/mol. The van der Waals surface area contributed by atoms with E-state index in [9.17, 15) is 9.18 Å². The van der Waals surface area contributed by atoms with Gasteiger partial charge in [0.1, 0.15) is 0 Å². The van der Waals surface area contributed by atoms with Crippen LogP contribution in [0.4, 0.5) is 4.39 Å². The van der Waals surface area contributed by atoms with Crippen molar-refractivity contribution in [2.75, 3.05) is 13.1 Å². The zero-order valence-corrected chi connectivity index (χ0v) is 12.2. The Kier molecular flexibility index (Phi) is 2.99. The third-order valence-electron chi connectivity index (χ3n) is 4.99. The Morgan fingerprint density at radius 1 is 1.36 bits per heavy atom. The van der Waals surface area contributed by atoms with E-state index in [1.807, 2.05) is 6.20 Å². The van der Waals surface area contributed by atoms with E-state index >= 15 is 0 Å². The average Bonchev–Trinajstić information content (AvgIpc) is 3.13. The number of piperidine rings is 1. The number of hydrogen-bond acceptors (Lipinski definition) is 3. The molecular formula is C16H17FN4O. The van der Waals surface area contributed by atoms with Crippen LogP contribution in [0.1, 0.15) is 40.9 Å². The van der Waals surface area contributed by atoms with E-state index in [4.69, 9.17) is 0 Å². The molecule has 114 valence electrons. The number of H-pyrrole nitrogens is 1. The summed E-state index contributed by atoms with van der Waals surface area (Å²) in [5.74, 6) is -0.798. The van der Waals surface area contributed by atoms with Crippen molar-refractivity contribution in [1.82, 2.24) is 20.1 Å². The number of aryl methyl sites for hydroxylation is 1. The lowest BCUT2D eigenvalue weighted by atomic mass is 9.77. The number of nitrogens with zero attached hydrogens (tertiary/aromatic N) is 3. The van der Waals surface area contributed by atoms with Crippen LogP contribution in [0, 0.1) is 5.82 Å². The molecule has 1 fully saturated rings. The molecule has 1 amide bonds. The Morgan fingerprint density at radius 2 is 2.27 bits per heavy atom. The highest BCUT2D eigenvalue weighted by Gasteiger charge is 2.44. The summed E-state index contributed by atoms with van der Waals surface area (Å²) in [4.78, 5) is 18.1. The zero-order chi connectivity index (χ0) is 15.2. The quantitative estimate of drug-likeness (QED) is 0.877. The molecule has 4 rings (SSSR count). The number of pyridine rings is 1. The average molecular weight is 300 g/mol. The lowest BCUT2D eigenvalue weighted by molar-refractivity contribution is 0.0628. The molecule has 0 bridgehead atoms. The van der Waals surface area contributed by atoms with E-state index in [0.717, 1.165) is 31.9 Å². The largest absolute Gasteiger partial charge is 0.338 e. The number of likely N-dealkylation sites (tertiary alicyclic amines) is 1. The first-order valence-electron chi connectivity index (χ1n) is 7.61. The van der Waals surface area contributed by atoms with Gasteiger partial charge in [-0.15, -0.1) is 0 Å². The van der Waals surface area contributed by atoms with Gasteiger partial charge in [-0.05, 0) is 37.3 Å². The van der Waals surface area contributed by atoms with Crippen molar-refractivity contribution < 1.29 is 9.18 Å². The van der Waals surface area contributed by atoms with Crippen molar-refractivity contribution in [3.05, 3.63) is 47.3 Å². The normalized spacial score (nSPS) is 23.8. The third-order valence-corrected chi connectivity index (χ3v) is 4.99. The smallest absolute Gasteiger partial charge is 0.256 e. The molecule has 1 atom stereocenters. The van der Waals surface area contributed by atoms with Crippen molar-refractivity contribution in [2.45, 2.75) is 31.1 Å². The SMILES string of the molecule is O=C(c1ccncc1F)N1CCCC2(CCc3cn[nH]c32)C1. The van der Waals surface area contributed by atoms with Crippen LogP contribution >= 0.6 is 0 Å². The van der Waals surface area contributed by atoms with Crippen LogP contribution < -0.4 is 0 Å². The van der Waals surface area contributed by atoms with Gasteiger partial charge in [0.25, 0.3) is 5.91 Å². The van der Waals surface area contributed by atoms with Gasteiger partial charge in [-0.25, -0.2) is 4.39 Å². The fraction of sp³-hybridized carbons (Fsp3) is 0.438. The van der Waals surface area contributed by atoms with Crippen LogP contribution in [0.5, 0.6) is 0 Å². The summed E-state index contributed by atoms with van der Waals surface area (Å²) < 4.78 is 13.8. The highest BCUT2D eigenvalue weighted by Crippen LogP contribution is 2.44. The maximum absolute atomic E-state index is 13.8. The van der Waals surface area contributed by atoms with E-state index in [1.54, 1.807) is 4.90 Å². The molecule has 22 heavy (non-hydrogen) atoms. The van der Waals surface area contributed by atoms with Crippen LogP contribution in [0.15, 0.2) is 24.7 Å². The standard InChI is InChI=1S/C16H17FN4O/c17-13-9-18-6-3-12(13)15(22)21-7-1-4-16(10-21)5-2-11-8-19-20-14(11)16/h3,6,8-9H,1-2,4-5,7,10H2,(H,19,20). The number of hydrogen-bond donors (Lipinski definition) is 1. The van der Waals surface area contributed by atoms with Gasteiger partial charge in [0, 0.05) is 30.4 Å². The fourth-order valence-corrected chi connectivity index (χ4v) is 3.89. The zero-order valence-electron chi connectivity index (χ0n) is 12.2. The topological polar surface area (TPSA) is 61.9 Å². The van der Waals surface area contributed by atoms with Crippen LogP contribution in [-0.4, -0.2) is 39.1 Å². The van der Waals surface area contributed by atoms with E-state index in [0.29, 0.717) is 13.1 Å². The van der Waals surface area contributed by atoms with Gasteiger partial charge in [0.15, 0.2) is 5.82 Å². The van der Waals surface area contributed by atoms with E-state index in [-0.39, 0.29) is 16.9 Å². The first-order chi connectivity index (χ1) is 10.7. The van der Waals surface area contributed by atoms with Crippen LogP contribution in [0.3, 0.4) is 0 Å². The maximum Gasteiger partial charge on any atom is 0.256 e. The Hall–Kier alpha value is -2.24. The fourth-order valence-electron chi connectivity index (χ4n) is 3.89. The molecule has 2 aliphatic rings. The summed E-state index contributed by atoms with van der Waals surface area (Å²) >= 11 is 0. The molecule has 1 aliphatic heterocycles. The minimum absolute atomic E-state index is 0.0384. The number of aromatic nitrogens is 3. The molecule has 3 heterocycles. The number of amides is 1. The van der Waals surface area contributed by atoms with Crippen LogP contribution in [0.25, 0.3) is 0 Å². The van der Waals surface area contributed by atoms with Crippen molar-refractivity contribution in [1.29, 1.82) is 0 Å². The number of nitrogens with one attached hydrogen (secondary N) is 1. The highest BCUT2D eigenvalue weighted by molar-refractivity contribution is 5.94. The highest BCUT2D eigenvalue weighted by atomic mass is 19.1. The van der Waals surface area contributed by atoms with Gasteiger partial charge >= 0.3 is 0 Å². The first-order valence-corrected chi connectivity index (χ1v) is 7.61. The second-order valence-corrected chi connectivity index (χ2v) is 6.24. The van der Waals surface area contributed by atoms with Gasteiger partial charge in [-0.2, -0.15) is 5.10 Å². The molecule has 1 unspecified atom stereocenters. The molecule has 5 nitrogen and oxygen atoms in total. The van der Waals surface area contributed by atoms with Gasteiger partial charge in [-0.3, -0.25) is 14.9 Å². The molecule has 2 aromatic rings. The summed E-state index contributed by atoms with van der Waals surface area (Å²) in [5.41, 5.74) is 2.49. The molecular weight excluding hydrogens is 283 g/mol. The molecule has 0 saturated carbocycles. The second-order valence-electron chi connectivity index (χ2n) is 6.24. The van der Waals surface area contributed by atoms with E-state index in [1.165, 1.54) is 23.5 Å². The molecule has 1 aliphatic carbocycles. The number of rotatable bonds is 1. The molecule has 1 saturated heterocycles. The van der Waals surface area contributed by atoms with Crippen molar-refractivity contribution in [3.63, 3.8) is 0 Å². The van der Waals surface area contributed by atoms with Crippen molar-refractivity contribution >= 4 is 5.91 Å². The molecule has 2 aromatic heterocycles. The molecule has 0 aromatic carbocycles. The predicted molar refractivity (Wildman–Crippen MR) is 77.9 cm³/mol. The van der Waals surface area contributed by atoms with Gasteiger partial charge in [-0.1, -0.05) is 0 Å². The number of fused-ring (bicyclic) bond motifs is 2. The lowest BCUT2D eigenvalue weighted by Gasteiger charge is -2.40. The Labute approximate surface area is 127 Å². The lowest BCUT2D eigenvalue weighted by Crippen LogP contribution is -2.48. The van der Waals surface area contributed by atoms with Crippen molar-refractivity contribution in [3.8, 4) is 0 Å². The molecule has 0 radical (unpaired) electrons. The Bertz CT molecular complexity index is 728. The predicted octanol–water partition coefficient (Wildman–Crippen LogP) is 2.06. The summed E-state index contributed by atoms with van der Waals surface area (Å²) in [6.07, 6.45) is 8.43. The summed E-state index contributed by atoms with van der Waals surface area (Å²) in [5, 5.41) is 7.26. The summed E-state index contributed by atoms with van der Waals surface area (Å²) in [6.45, 7) is 1.30. The minimum Gasteiger partial charge on any atom is -0.338 e. The van der Waals surface area contributed by atoms with Crippen LogP contribution in [0.2, 0.25) is 0 Å². The number of halogens is 1. The molecule has 1 N–H and O–H groups in total. The van der Waals surface area contributed by atoms with Gasteiger partial charge in [0.2, 0.25) is 0 Å². The van der Waals surface area contributed by atoms with E-state index < -0.39 is 5.82 Å². The summed E-state index contributed by atoms with van der Waals surface area (Å²) in [6, 6.07) is 1.45. The number of carbonyl (C=O) groups excluding carboxylic acids is 1. The Morgan fingerprint density at radius 3 is 3.14 bits per heavy atom. The van der Waals surface area contributed by atoms with Gasteiger partial charge in [0.05, 0.1) is 18.0 Å². The maximum atomic E-state index is 13.8. The van der Waals surface area contributed by atoms with Gasteiger partial charge < -0.3 is 4.90 Å². The second kappa shape index (κ2) is 4.90. The minimum atomic E-state index is -0.555. The van der Waals surface area contributed by atoms with E-state index in [2.05, 4.69) is 15.2 Å². The van der Waals surface area contributed by atoms with Crippen molar-refractivity contribution in [2.24, 2.45) is 0 Å². The third kappa shape index (κ3) is 1.94. The first kappa shape index (κ1) is 13.4. The molecule has 6 heteroatoms. The summed E-state index contributed by atoms with van der Waals surface area (Å²) in [7, 11) is 0. The number of carbonyl (C=O) groups is 1.